The number of ether oxygens (including phenoxy) is 1. The normalized spacial score (nSPS) is 9.94. The number of anilines is 2. The molecule has 1 heterocycles. The van der Waals surface area contributed by atoms with E-state index in [-0.39, 0.29) is 5.91 Å². The van der Waals surface area contributed by atoms with E-state index in [9.17, 15) is 4.79 Å². The first-order valence-corrected chi connectivity index (χ1v) is 4.94. The van der Waals surface area contributed by atoms with Crippen LogP contribution >= 0.6 is 0 Å². The third kappa shape index (κ3) is 2.36. The number of rotatable bonds is 3. The van der Waals surface area contributed by atoms with Gasteiger partial charge in [-0.25, -0.2) is 0 Å². The standard InChI is InChI=1S/C11H12N4O2/c1-17-10-4-8(2-3-9(10)12)15-11(16)7-5-13-14-6-7/h2-6H,12H2,1H3,(H,13,14)(H,15,16). The predicted molar refractivity (Wildman–Crippen MR) is 63.9 cm³/mol. The smallest absolute Gasteiger partial charge is 0.258 e. The second kappa shape index (κ2) is 4.56. The van der Waals surface area contributed by atoms with Gasteiger partial charge in [0.15, 0.2) is 0 Å². The van der Waals surface area contributed by atoms with Crippen LogP contribution in [0.15, 0.2) is 30.6 Å². The average molecular weight is 232 g/mol. The topological polar surface area (TPSA) is 93.0 Å². The lowest BCUT2D eigenvalue weighted by Crippen LogP contribution is -2.11. The number of carbonyl (C=O) groups excluding carboxylic acids is 1. The van der Waals surface area contributed by atoms with Crippen LogP contribution in [0.25, 0.3) is 0 Å². The Morgan fingerprint density at radius 2 is 2.35 bits per heavy atom. The first-order chi connectivity index (χ1) is 8.20. The van der Waals surface area contributed by atoms with Gasteiger partial charge in [-0.3, -0.25) is 9.89 Å². The second-order valence-corrected chi connectivity index (χ2v) is 3.40. The van der Waals surface area contributed by atoms with Gasteiger partial charge in [0.1, 0.15) is 5.75 Å². The molecule has 0 fully saturated rings. The van der Waals surface area contributed by atoms with Gasteiger partial charge in [0, 0.05) is 18.0 Å². The van der Waals surface area contributed by atoms with Gasteiger partial charge in [-0.1, -0.05) is 0 Å². The van der Waals surface area contributed by atoms with Crippen LogP contribution in [0.3, 0.4) is 0 Å². The van der Waals surface area contributed by atoms with Gasteiger partial charge >= 0.3 is 0 Å². The summed E-state index contributed by atoms with van der Waals surface area (Å²) in [6, 6.07) is 5.03. The maximum absolute atomic E-state index is 11.7. The van der Waals surface area contributed by atoms with E-state index >= 15 is 0 Å². The molecule has 1 aromatic heterocycles. The Bertz CT molecular complexity index is 522. The lowest BCUT2D eigenvalue weighted by molar-refractivity contribution is 0.102. The van der Waals surface area contributed by atoms with E-state index < -0.39 is 0 Å². The van der Waals surface area contributed by atoms with E-state index in [0.29, 0.717) is 22.7 Å². The molecule has 6 heteroatoms. The molecule has 0 saturated carbocycles. The van der Waals surface area contributed by atoms with Gasteiger partial charge in [-0.05, 0) is 12.1 Å². The minimum absolute atomic E-state index is 0.245. The number of benzene rings is 1. The largest absolute Gasteiger partial charge is 0.495 e. The average Bonchev–Trinajstić information content (AvgIpc) is 2.85. The number of methoxy groups -OCH3 is 1. The molecule has 0 aliphatic heterocycles. The Kier molecular flexibility index (Phi) is 2.95. The number of H-pyrrole nitrogens is 1. The van der Waals surface area contributed by atoms with Crippen LogP contribution in [-0.4, -0.2) is 23.2 Å². The van der Waals surface area contributed by atoms with Crippen LogP contribution in [0, 0.1) is 0 Å². The van der Waals surface area contributed by atoms with Gasteiger partial charge in [0.25, 0.3) is 5.91 Å². The molecule has 0 aliphatic rings. The number of carbonyl (C=O) groups is 1. The fourth-order valence-electron chi connectivity index (χ4n) is 1.37. The summed E-state index contributed by atoms with van der Waals surface area (Å²) in [5.41, 5.74) is 7.27. The molecule has 0 bridgehead atoms. The van der Waals surface area contributed by atoms with Gasteiger partial charge in [-0.2, -0.15) is 5.10 Å². The maximum Gasteiger partial charge on any atom is 0.258 e. The lowest BCUT2D eigenvalue weighted by Gasteiger charge is -2.08. The summed E-state index contributed by atoms with van der Waals surface area (Å²) in [5.74, 6) is 0.278. The highest BCUT2D eigenvalue weighted by Crippen LogP contribution is 2.25. The second-order valence-electron chi connectivity index (χ2n) is 3.40. The van der Waals surface area contributed by atoms with Crippen molar-refractivity contribution >= 4 is 17.3 Å². The minimum Gasteiger partial charge on any atom is -0.495 e. The number of nitrogen functional groups attached to an aromatic ring is 1. The van der Waals surface area contributed by atoms with E-state index in [2.05, 4.69) is 15.5 Å². The number of hydrogen-bond donors (Lipinski definition) is 3. The molecule has 88 valence electrons. The van der Waals surface area contributed by atoms with Crippen LogP contribution in [0.2, 0.25) is 0 Å². The fraction of sp³-hybridized carbons (Fsp3) is 0.0909. The van der Waals surface area contributed by atoms with Crippen LogP contribution in [0.4, 0.5) is 11.4 Å². The molecule has 2 rings (SSSR count). The molecule has 4 N–H and O–H groups in total. The van der Waals surface area contributed by atoms with Crippen LogP contribution < -0.4 is 15.8 Å². The van der Waals surface area contributed by atoms with Gasteiger partial charge < -0.3 is 15.8 Å². The van der Waals surface area contributed by atoms with Crippen molar-refractivity contribution < 1.29 is 9.53 Å². The highest BCUT2D eigenvalue weighted by molar-refractivity contribution is 6.04. The van der Waals surface area contributed by atoms with Crippen LogP contribution in [0.5, 0.6) is 5.75 Å². The highest BCUT2D eigenvalue weighted by Gasteiger charge is 2.08. The molecule has 0 atom stereocenters. The lowest BCUT2D eigenvalue weighted by atomic mass is 10.2. The van der Waals surface area contributed by atoms with Crippen molar-refractivity contribution in [2.24, 2.45) is 0 Å². The number of nitrogens with one attached hydrogen (secondary N) is 2. The Morgan fingerprint density at radius 3 is 3.00 bits per heavy atom. The molecule has 1 amide bonds. The molecule has 0 spiro atoms. The summed E-state index contributed by atoms with van der Waals surface area (Å²) < 4.78 is 5.06. The summed E-state index contributed by atoms with van der Waals surface area (Å²) in [6.45, 7) is 0. The van der Waals surface area contributed by atoms with Crippen molar-refractivity contribution in [2.45, 2.75) is 0 Å². The summed E-state index contributed by atoms with van der Waals surface area (Å²) in [7, 11) is 1.52. The molecule has 0 aliphatic carbocycles. The molecule has 2 aromatic rings. The summed E-state index contributed by atoms with van der Waals surface area (Å²) >= 11 is 0. The van der Waals surface area contributed by atoms with E-state index in [0.717, 1.165) is 0 Å². The van der Waals surface area contributed by atoms with Crippen molar-refractivity contribution in [1.82, 2.24) is 10.2 Å². The zero-order chi connectivity index (χ0) is 12.3. The molecular weight excluding hydrogens is 220 g/mol. The van der Waals surface area contributed by atoms with Crippen molar-refractivity contribution in [3.05, 3.63) is 36.2 Å². The quantitative estimate of drug-likeness (QED) is 0.694. The molecule has 17 heavy (non-hydrogen) atoms. The van der Waals surface area contributed by atoms with Crippen molar-refractivity contribution in [3.63, 3.8) is 0 Å². The molecule has 6 nitrogen and oxygen atoms in total. The summed E-state index contributed by atoms with van der Waals surface area (Å²) in [5, 5.41) is 8.99. The number of nitrogens with zero attached hydrogens (tertiary/aromatic N) is 1. The Balaban J connectivity index is 2.16. The SMILES string of the molecule is COc1cc(NC(=O)c2cn[nH]c2)ccc1N. The molecule has 0 unspecified atom stereocenters. The van der Waals surface area contributed by atoms with Crippen LogP contribution in [-0.2, 0) is 0 Å². The number of hydrogen-bond acceptors (Lipinski definition) is 4. The van der Waals surface area contributed by atoms with Crippen LogP contribution in [0.1, 0.15) is 10.4 Å². The van der Waals surface area contributed by atoms with Crippen molar-refractivity contribution in [3.8, 4) is 5.75 Å². The third-order valence-corrected chi connectivity index (χ3v) is 2.25. The van der Waals surface area contributed by atoms with E-state index in [1.165, 1.54) is 19.5 Å². The van der Waals surface area contributed by atoms with Crippen molar-refractivity contribution in [1.29, 1.82) is 0 Å². The first kappa shape index (κ1) is 11.0. The Labute approximate surface area is 97.8 Å². The minimum atomic E-state index is -0.245. The Hall–Kier alpha value is -2.50. The number of aromatic amines is 1. The van der Waals surface area contributed by atoms with E-state index in [1.807, 2.05) is 0 Å². The van der Waals surface area contributed by atoms with Crippen molar-refractivity contribution in [2.75, 3.05) is 18.2 Å². The zero-order valence-electron chi connectivity index (χ0n) is 9.23. The molecule has 0 radical (unpaired) electrons. The van der Waals surface area contributed by atoms with Gasteiger partial charge in [0.05, 0.1) is 24.6 Å². The fourth-order valence-corrected chi connectivity index (χ4v) is 1.37. The maximum atomic E-state index is 11.7. The Morgan fingerprint density at radius 1 is 1.53 bits per heavy atom. The highest BCUT2D eigenvalue weighted by atomic mass is 16.5. The summed E-state index contributed by atoms with van der Waals surface area (Å²) in [4.78, 5) is 11.7. The summed E-state index contributed by atoms with van der Waals surface area (Å²) in [6.07, 6.45) is 2.97. The van der Waals surface area contributed by atoms with Gasteiger partial charge in [0.2, 0.25) is 0 Å². The molecular formula is C11H12N4O2. The molecule has 0 saturated heterocycles. The van der Waals surface area contributed by atoms with Gasteiger partial charge in [-0.15, -0.1) is 0 Å². The predicted octanol–water partition coefficient (Wildman–Crippen LogP) is 1.25. The number of nitrogens with two attached hydrogens (primary N) is 1. The van der Waals surface area contributed by atoms with E-state index in [4.69, 9.17) is 10.5 Å². The van der Waals surface area contributed by atoms with E-state index in [1.54, 1.807) is 18.2 Å². The monoisotopic (exact) mass is 232 g/mol. The number of amides is 1. The molecule has 1 aromatic carbocycles. The third-order valence-electron chi connectivity index (χ3n) is 2.25. The first-order valence-electron chi connectivity index (χ1n) is 4.94. The number of aromatic nitrogens is 2. The zero-order valence-corrected chi connectivity index (χ0v) is 9.23.